The Morgan fingerprint density at radius 3 is 2.96 bits per heavy atom. The van der Waals surface area contributed by atoms with E-state index in [0.29, 0.717) is 18.8 Å². The SMILES string of the molecule is C[C@H]1CN(C(=O)c2n[nH]c3c2CCC3)[C@H](c2ccccc2)CO1. The van der Waals surface area contributed by atoms with Gasteiger partial charge in [0, 0.05) is 17.8 Å². The number of rotatable bonds is 2. The number of H-pyrrole nitrogens is 1. The molecule has 1 N–H and O–H groups in total. The smallest absolute Gasteiger partial charge is 0.275 e. The van der Waals surface area contributed by atoms with Crippen LogP contribution >= 0.6 is 0 Å². The molecule has 120 valence electrons. The summed E-state index contributed by atoms with van der Waals surface area (Å²) in [5.41, 5.74) is 3.96. The van der Waals surface area contributed by atoms with Crippen LogP contribution in [0.15, 0.2) is 30.3 Å². The van der Waals surface area contributed by atoms with Crippen molar-refractivity contribution in [1.29, 1.82) is 0 Å². The molecule has 23 heavy (non-hydrogen) atoms. The van der Waals surface area contributed by atoms with E-state index in [1.54, 1.807) is 0 Å². The van der Waals surface area contributed by atoms with Crippen LogP contribution in [-0.2, 0) is 17.6 Å². The molecule has 1 aliphatic heterocycles. The number of nitrogens with one attached hydrogen (secondary N) is 1. The van der Waals surface area contributed by atoms with Gasteiger partial charge >= 0.3 is 0 Å². The van der Waals surface area contributed by atoms with Crippen molar-refractivity contribution in [3.8, 4) is 0 Å². The number of amides is 1. The highest BCUT2D eigenvalue weighted by Crippen LogP contribution is 2.30. The van der Waals surface area contributed by atoms with Crippen LogP contribution in [0.2, 0.25) is 0 Å². The first-order valence-corrected chi connectivity index (χ1v) is 8.27. The molecule has 0 radical (unpaired) electrons. The average molecular weight is 311 g/mol. The largest absolute Gasteiger partial charge is 0.374 e. The molecular formula is C18H21N3O2. The van der Waals surface area contributed by atoms with Crippen LogP contribution in [0.5, 0.6) is 0 Å². The second-order valence-corrected chi connectivity index (χ2v) is 6.41. The number of aromatic amines is 1. The molecule has 1 aromatic heterocycles. The van der Waals surface area contributed by atoms with Gasteiger partial charge in [0.25, 0.3) is 5.91 Å². The summed E-state index contributed by atoms with van der Waals surface area (Å²) in [4.78, 5) is 15.1. The van der Waals surface area contributed by atoms with E-state index in [-0.39, 0.29) is 18.1 Å². The molecule has 0 saturated carbocycles. The summed E-state index contributed by atoms with van der Waals surface area (Å²) < 4.78 is 5.81. The maximum absolute atomic E-state index is 13.1. The molecular weight excluding hydrogens is 290 g/mol. The van der Waals surface area contributed by atoms with Crippen LogP contribution in [-0.4, -0.2) is 40.3 Å². The maximum Gasteiger partial charge on any atom is 0.275 e. The Morgan fingerprint density at radius 2 is 2.13 bits per heavy atom. The van der Waals surface area contributed by atoms with Crippen LogP contribution in [0.3, 0.4) is 0 Å². The van der Waals surface area contributed by atoms with Gasteiger partial charge in [-0.1, -0.05) is 30.3 Å². The van der Waals surface area contributed by atoms with Gasteiger partial charge in [-0.3, -0.25) is 9.89 Å². The van der Waals surface area contributed by atoms with Gasteiger partial charge in [-0.05, 0) is 31.7 Å². The minimum Gasteiger partial charge on any atom is -0.374 e. The first kappa shape index (κ1) is 14.5. The Bertz CT molecular complexity index is 710. The molecule has 2 atom stereocenters. The Hall–Kier alpha value is -2.14. The maximum atomic E-state index is 13.1. The van der Waals surface area contributed by atoms with Gasteiger partial charge in [-0.2, -0.15) is 5.10 Å². The van der Waals surface area contributed by atoms with E-state index in [1.807, 2.05) is 30.0 Å². The van der Waals surface area contributed by atoms with Crippen molar-refractivity contribution in [3.05, 3.63) is 52.8 Å². The van der Waals surface area contributed by atoms with Gasteiger partial charge in [-0.15, -0.1) is 0 Å². The number of fused-ring (bicyclic) bond motifs is 1. The van der Waals surface area contributed by atoms with E-state index < -0.39 is 0 Å². The van der Waals surface area contributed by atoms with Crippen molar-refractivity contribution in [2.75, 3.05) is 13.2 Å². The van der Waals surface area contributed by atoms with Crippen molar-refractivity contribution in [2.24, 2.45) is 0 Å². The molecule has 2 heterocycles. The summed E-state index contributed by atoms with van der Waals surface area (Å²) in [6.07, 6.45) is 3.09. The summed E-state index contributed by atoms with van der Waals surface area (Å²) in [5.74, 6) is 0.0217. The highest BCUT2D eigenvalue weighted by atomic mass is 16.5. The predicted octanol–water partition coefficient (Wildman–Crippen LogP) is 2.50. The number of hydrogen-bond acceptors (Lipinski definition) is 3. The van der Waals surface area contributed by atoms with E-state index in [0.717, 1.165) is 36.1 Å². The second-order valence-electron chi connectivity index (χ2n) is 6.41. The molecule has 0 spiro atoms. The van der Waals surface area contributed by atoms with Crippen molar-refractivity contribution in [1.82, 2.24) is 15.1 Å². The highest BCUT2D eigenvalue weighted by molar-refractivity contribution is 5.94. The van der Waals surface area contributed by atoms with Gasteiger partial charge in [0.05, 0.1) is 18.8 Å². The molecule has 2 aromatic rings. The van der Waals surface area contributed by atoms with E-state index in [1.165, 1.54) is 0 Å². The van der Waals surface area contributed by atoms with Crippen LogP contribution in [0.4, 0.5) is 0 Å². The number of aromatic nitrogens is 2. The lowest BCUT2D eigenvalue weighted by molar-refractivity contribution is -0.0449. The van der Waals surface area contributed by atoms with E-state index >= 15 is 0 Å². The number of aryl methyl sites for hydroxylation is 1. The molecule has 2 aliphatic rings. The molecule has 1 amide bonds. The average Bonchev–Trinajstić information content (AvgIpc) is 3.18. The highest BCUT2D eigenvalue weighted by Gasteiger charge is 2.35. The standard InChI is InChI=1S/C18H21N3O2/c1-12-10-21(16(11-23-12)13-6-3-2-4-7-13)18(22)17-14-8-5-9-15(14)19-20-17/h2-4,6-7,12,16H,5,8-11H2,1H3,(H,19,20)/t12-,16-/m0/s1. The molecule has 1 saturated heterocycles. The van der Waals surface area contributed by atoms with Gasteiger partial charge in [0.1, 0.15) is 0 Å². The fourth-order valence-corrected chi connectivity index (χ4v) is 3.61. The first-order chi connectivity index (χ1) is 11.2. The normalized spacial score (nSPS) is 23.8. The topological polar surface area (TPSA) is 58.2 Å². The zero-order valence-electron chi connectivity index (χ0n) is 13.3. The molecule has 0 bridgehead atoms. The lowest BCUT2D eigenvalue weighted by atomic mass is 10.0. The lowest BCUT2D eigenvalue weighted by Crippen LogP contribution is -2.47. The van der Waals surface area contributed by atoms with E-state index in [4.69, 9.17) is 4.74 Å². The zero-order chi connectivity index (χ0) is 15.8. The summed E-state index contributed by atoms with van der Waals surface area (Å²) in [6, 6.07) is 10.1. The van der Waals surface area contributed by atoms with Crippen LogP contribution < -0.4 is 0 Å². The van der Waals surface area contributed by atoms with Crippen LogP contribution in [0, 0.1) is 0 Å². The fourth-order valence-electron chi connectivity index (χ4n) is 3.61. The first-order valence-electron chi connectivity index (χ1n) is 8.27. The van der Waals surface area contributed by atoms with Crippen molar-refractivity contribution in [2.45, 2.75) is 38.3 Å². The van der Waals surface area contributed by atoms with Gasteiger partial charge < -0.3 is 9.64 Å². The van der Waals surface area contributed by atoms with Crippen LogP contribution in [0.1, 0.15) is 46.7 Å². The van der Waals surface area contributed by atoms with Gasteiger partial charge in [0.2, 0.25) is 0 Å². The third-order valence-electron chi connectivity index (χ3n) is 4.82. The minimum absolute atomic E-state index is 0.0217. The fraction of sp³-hybridized carbons (Fsp3) is 0.444. The van der Waals surface area contributed by atoms with Gasteiger partial charge in [-0.25, -0.2) is 0 Å². The Labute approximate surface area is 135 Å². The number of carbonyl (C=O) groups is 1. The number of benzene rings is 1. The summed E-state index contributed by atoms with van der Waals surface area (Å²) in [5, 5.41) is 7.35. The predicted molar refractivity (Wildman–Crippen MR) is 86.2 cm³/mol. The van der Waals surface area contributed by atoms with Gasteiger partial charge in [0.15, 0.2) is 5.69 Å². The van der Waals surface area contributed by atoms with Crippen molar-refractivity contribution >= 4 is 5.91 Å². The third kappa shape index (κ3) is 2.55. The van der Waals surface area contributed by atoms with Crippen molar-refractivity contribution in [3.63, 3.8) is 0 Å². The zero-order valence-corrected chi connectivity index (χ0v) is 13.3. The van der Waals surface area contributed by atoms with E-state index in [9.17, 15) is 4.79 Å². The molecule has 1 fully saturated rings. The molecule has 5 nitrogen and oxygen atoms in total. The van der Waals surface area contributed by atoms with E-state index in [2.05, 4.69) is 22.3 Å². The number of ether oxygens (including phenoxy) is 1. The number of nitrogens with zero attached hydrogens (tertiary/aromatic N) is 2. The summed E-state index contributed by atoms with van der Waals surface area (Å²) in [6.45, 7) is 3.14. The molecule has 1 aromatic carbocycles. The molecule has 5 heteroatoms. The number of hydrogen-bond donors (Lipinski definition) is 1. The molecule has 4 rings (SSSR count). The summed E-state index contributed by atoms with van der Waals surface area (Å²) >= 11 is 0. The second kappa shape index (κ2) is 5.81. The molecule has 0 unspecified atom stereocenters. The Morgan fingerprint density at radius 1 is 1.30 bits per heavy atom. The third-order valence-corrected chi connectivity index (χ3v) is 4.82. The van der Waals surface area contributed by atoms with Crippen LogP contribution in [0.25, 0.3) is 0 Å². The Balaban J connectivity index is 1.67. The Kier molecular flexibility index (Phi) is 3.65. The minimum atomic E-state index is -0.0475. The summed E-state index contributed by atoms with van der Waals surface area (Å²) in [7, 11) is 0. The number of carbonyl (C=O) groups excluding carboxylic acids is 1. The molecule has 1 aliphatic carbocycles. The monoisotopic (exact) mass is 311 g/mol. The van der Waals surface area contributed by atoms with Crippen molar-refractivity contribution < 1.29 is 9.53 Å². The number of morpholine rings is 1. The quantitative estimate of drug-likeness (QED) is 0.927. The lowest BCUT2D eigenvalue weighted by Gasteiger charge is -2.38.